The van der Waals surface area contributed by atoms with Crippen LogP contribution in [0, 0.1) is 5.92 Å². The van der Waals surface area contributed by atoms with Crippen LogP contribution in [-0.4, -0.2) is 49.1 Å². The van der Waals surface area contributed by atoms with Gasteiger partial charge in [0.1, 0.15) is 6.10 Å². The Morgan fingerprint density at radius 3 is 2.30 bits per heavy atom. The molecule has 124 valence electrons. The molecule has 1 amide bonds. The van der Waals surface area contributed by atoms with Crippen LogP contribution in [0.4, 0.5) is 0 Å². The lowest BCUT2D eigenvalue weighted by Crippen LogP contribution is -2.49. The van der Waals surface area contributed by atoms with Gasteiger partial charge in [0.15, 0.2) is 0 Å². The molecule has 2 aliphatic rings. The van der Waals surface area contributed by atoms with Gasteiger partial charge < -0.3 is 15.0 Å². The Morgan fingerprint density at radius 1 is 1.00 bits per heavy atom. The highest BCUT2D eigenvalue weighted by atomic mass is 16.5. The maximum absolute atomic E-state index is 12.5. The molecule has 1 saturated heterocycles. The van der Waals surface area contributed by atoms with Gasteiger partial charge in [-0.05, 0) is 37.8 Å². The van der Waals surface area contributed by atoms with Gasteiger partial charge in [0, 0.05) is 32.1 Å². The van der Waals surface area contributed by atoms with Gasteiger partial charge in [-0.3, -0.25) is 4.79 Å². The van der Waals surface area contributed by atoms with E-state index in [0.717, 1.165) is 51.9 Å². The van der Waals surface area contributed by atoms with Gasteiger partial charge >= 0.3 is 5.97 Å². The minimum absolute atomic E-state index is 0.0604. The van der Waals surface area contributed by atoms with E-state index in [0.29, 0.717) is 5.56 Å². The third-order valence-electron chi connectivity index (χ3n) is 4.74. The summed E-state index contributed by atoms with van der Waals surface area (Å²) in [6.07, 6.45) is 3.13. The summed E-state index contributed by atoms with van der Waals surface area (Å²) in [5.74, 6) is 0.113. The van der Waals surface area contributed by atoms with Crippen molar-refractivity contribution < 1.29 is 14.3 Å². The van der Waals surface area contributed by atoms with E-state index in [-0.39, 0.29) is 23.9 Å². The number of amides is 1. The molecule has 0 bridgehead atoms. The molecule has 0 atom stereocenters. The standard InChI is InChI=1S/C18H24N2O3/c21-17(20-12-10-19-11-13-20)14-6-8-16(9-7-14)23-18(22)15-4-2-1-3-5-15/h1-5,14,16,19H,6-13H2. The summed E-state index contributed by atoms with van der Waals surface area (Å²) >= 11 is 0. The second kappa shape index (κ2) is 7.59. The zero-order valence-corrected chi connectivity index (χ0v) is 13.4. The molecular weight excluding hydrogens is 292 g/mol. The lowest BCUT2D eigenvalue weighted by atomic mass is 9.86. The van der Waals surface area contributed by atoms with Crippen molar-refractivity contribution in [2.24, 2.45) is 5.92 Å². The number of nitrogens with zero attached hydrogens (tertiary/aromatic N) is 1. The fraction of sp³-hybridized carbons (Fsp3) is 0.556. The van der Waals surface area contributed by atoms with Crippen LogP contribution in [0.3, 0.4) is 0 Å². The van der Waals surface area contributed by atoms with Gasteiger partial charge in [0.25, 0.3) is 0 Å². The van der Waals surface area contributed by atoms with E-state index in [1.54, 1.807) is 12.1 Å². The van der Waals surface area contributed by atoms with Crippen LogP contribution in [0.5, 0.6) is 0 Å². The van der Waals surface area contributed by atoms with Crippen molar-refractivity contribution in [3.05, 3.63) is 35.9 Å². The predicted molar refractivity (Wildman–Crippen MR) is 87.1 cm³/mol. The van der Waals surface area contributed by atoms with Crippen LogP contribution < -0.4 is 5.32 Å². The lowest BCUT2D eigenvalue weighted by Gasteiger charge is -2.34. The molecule has 23 heavy (non-hydrogen) atoms. The maximum Gasteiger partial charge on any atom is 0.338 e. The first-order valence-electron chi connectivity index (χ1n) is 8.49. The second-order valence-corrected chi connectivity index (χ2v) is 6.32. The highest BCUT2D eigenvalue weighted by molar-refractivity contribution is 5.89. The lowest BCUT2D eigenvalue weighted by molar-refractivity contribution is -0.137. The van der Waals surface area contributed by atoms with E-state index >= 15 is 0 Å². The first-order valence-corrected chi connectivity index (χ1v) is 8.49. The quantitative estimate of drug-likeness (QED) is 0.865. The molecule has 1 aromatic carbocycles. The number of piperazine rings is 1. The molecule has 5 nitrogen and oxygen atoms in total. The molecule has 3 rings (SSSR count). The number of carbonyl (C=O) groups is 2. The Labute approximate surface area is 137 Å². The Balaban J connectivity index is 1.46. The van der Waals surface area contributed by atoms with Crippen LogP contribution in [-0.2, 0) is 9.53 Å². The largest absolute Gasteiger partial charge is 0.459 e. The highest BCUT2D eigenvalue weighted by Gasteiger charge is 2.31. The number of hydrogen-bond donors (Lipinski definition) is 1. The van der Waals surface area contributed by atoms with Gasteiger partial charge in [-0.1, -0.05) is 18.2 Å². The fourth-order valence-corrected chi connectivity index (χ4v) is 3.36. The molecule has 1 aromatic rings. The van der Waals surface area contributed by atoms with E-state index in [1.807, 2.05) is 23.1 Å². The number of hydrogen-bond acceptors (Lipinski definition) is 4. The molecule has 2 fully saturated rings. The first kappa shape index (κ1) is 16.0. The molecule has 0 unspecified atom stereocenters. The molecule has 1 heterocycles. The van der Waals surface area contributed by atoms with Crippen molar-refractivity contribution in [1.29, 1.82) is 0 Å². The Bertz CT molecular complexity index is 532. The summed E-state index contributed by atoms with van der Waals surface area (Å²) in [6.45, 7) is 3.38. The molecule has 1 aliphatic heterocycles. The van der Waals surface area contributed by atoms with E-state index in [2.05, 4.69) is 5.32 Å². The van der Waals surface area contributed by atoms with E-state index < -0.39 is 0 Å². The highest BCUT2D eigenvalue weighted by Crippen LogP contribution is 2.28. The molecule has 1 saturated carbocycles. The summed E-state index contributed by atoms with van der Waals surface area (Å²) in [6, 6.07) is 9.08. The van der Waals surface area contributed by atoms with Gasteiger partial charge in [-0.15, -0.1) is 0 Å². The fourth-order valence-electron chi connectivity index (χ4n) is 3.36. The molecule has 0 radical (unpaired) electrons. The average molecular weight is 316 g/mol. The molecule has 5 heteroatoms. The van der Waals surface area contributed by atoms with Gasteiger partial charge in [-0.2, -0.15) is 0 Å². The Kier molecular flexibility index (Phi) is 5.28. The SMILES string of the molecule is O=C(OC1CCC(C(=O)N2CCNCC2)CC1)c1ccccc1. The van der Waals surface area contributed by atoms with Crippen LogP contribution in [0.15, 0.2) is 30.3 Å². The van der Waals surface area contributed by atoms with Crippen molar-refractivity contribution in [1.82, 2.24) is 10.2 Å². The average Bonchev–Trinajstić information content (AvgIpc) is 2.63. The summed E-state index contributed by atoms with van der Waals surface area (Å²) < 4.78 is 5.58. The minimum atomic E-state index is -0.262. The number of ether oxygens (including phenoxy) is 1. The van der Waals surface area contributed by atoms with Crippen molar-refractivity contribution >= 4 is 11.9 Å². The third kappa shape index (κ3) is 4.10. The van der Waals surface area contributed by atoms with E-state index in [4.69, 9.17) is 4.74 Å². The molecule has 0 aromatic heterocycles. The number of benzene rings is 1. The second-order valence-electron chi connectivity index (χ2n) is 6.32. The number of esters is 1. The van der Waals surface area contributed by atoms with Crippen LogP contribution in [0.2, 0.25) is 0 Å². The third-order valence-corrected chi connectivity index (χ3v) is 4.74. The van der Waals surface area contributed by atoms with Crippen molar-refractivity contribution in [2.45, 2.75) is 31.8 Å². The first-order chi connectivity index (χ1) is 11.2. The van der Waals surface area contributed by atoms with Crippen LogP contribution >= 0.6 is 0 Å². The molecular formula is C18H24N2O3. The molecule has 1 N–H and O–H groups in total. The monoisotopic (exact) mass is 316 g/mol. The summed E-state index contributed by atoms with van der Waals surface area (Å²) in [5, 5.41) is 3.27. The van der Waals surface area contributed by atoms with Crippen molar-refractivity contribution in [3.63, 3.8) is 0 Å². The van der Waals surface area contributed by atoms with E-state index in [1.165, 1.54) is 0 Å². The van der Waals surface area contributed by atoms with Crippen molar-refractivity contribution in [3.8, 4) is 0 Å². The van der Waals surface area contributed by atoms with Crippen molar-refractivity contribution in [2.75, 3.05) is 26.2 Å². The Hall–Kier alpha value is -1.88. The number of rotatable bonds is 3. The van der Waals surface area contributed by atoms with Crippen LogP contribution in [0.1, 0.15) is 36.0 Å². The summed E-state index contributed by atoms with van der Waals surface area (Å²) in [7, 11) is 0. The zero-order valence-electron chi connectivity index (χ0n) is 13.4. The molecule has 0 spiro atoms. The number of nitrogens with one attached hydrogen (secondary N) is 1. The topological polar surface area (TPSA) is 58.6 Å². The van der Waals surface area contributed by atoms with Gasteiger partial charge in [0.2, 0.25) is 5.91 Å². The molecule has 1 aliphatic carbocycles. The normalized spacial score (nSPS) is 25.0. The summed E-state index contributed by atoms with van der Waals surface area (Å²) in [5.41, 5.74) is 0.589. The van der Waals surface area contributed by atoms with E-state index in [9.17, 15) is 9.59 Å². The van der Waals surface area contributed by atoms with Crippen LogP contribution in [0.25, 0.3) is 0 Å². The Morgan fingerprint density at radius 2 is 1.65 bits per heavy atom. The summed E-state index contributed by atoms with van der Waals surface area (Å²) in [4.78, 5) is 26.5. The predicted octanol–water partition coefficient (Wildman–Crippen LogP) is 1.83. The zero-order chi connectivity index (χ0) is 16.1. The number of carbonyl (C=O) groups excluding carboxylic acids is 2. The smallest absolute Gasteiger partial charge is 0.338 e. The van der Waals surface area contributed by atoms with Gasteiger partial charge in [0.05, 0.1) is 5.56 Å². The maximum atomic E-state index is 12.5. The minimum Gasteiger partial charge on any atom is -0.459 e. The van der Waals surface area contributed by atoms with Gasteiger partial charge in [-0.25, -0.2) is 4.79 Å².